The average Bonchev–Trinajstić information content (AvgIpc) is 3.28. The van der Waals surface area contributed by atoms with E-state index < -0.39 is 0 Å². The number of para-hydroxylation sites is 2. The second-order valence-corrected chi connectivity index (χ2v) is 6.82. The normalized spacial score (nSPS) is 11.4. The first-order valence-corrected chi connectivity index (χ1v) is 9.02. The molecule has 3 aromatic carbocycles. The Morgan fingerprint density at radius 2 is 0.885 bits per heavy atom. The van der Waals surface area contributed by atoms with E-state index in [1.54, 1.807) is 0 Å². The number of fused-ring (bicyclic) bond motifs is 2. The van der Waals surface area contributed by atoms with Crippen molar-refractivity contribution in [2.75, 3.05) is 0 Å². The van der Waals surface area contributed by atoms with Crippen molar-refractivity contribution in [3.8, 4) is 0 Å². The van der Waals surface area contributed by atoms with Crippen LogP contribution in [-0.4, -0.2) is 9.13 Å². The summed E-state index contributed by atoms with van der Waals surface area (Å²) >= 11 is 0. The lowest BCUT2D eigenvalue weighted by molar-refractivity contribution is 0.822. The molecule has 0 amide bonds. The molecule has 0 bridgehead atoms. The minimum absolute atomic E-state index is 0.903. The first-order chi connectivity index (χ1) is 12.9. The second-order valence-electron chi connectivity index (χ2n) is 6.82. The van der Waals surface area contributed by atoms with Gasteiger partial charge in [-0.2, -0.15) is 0 Å². The molecular formula is C24H20N2. The largest absolute Gasteiger partial charge is 0.343 e. The van der Waals surface area contributed by atoms with Gasteiger partial charge in [0.05, 0.1) is 0 Å². The molecular weight excluding hydrogens is 316 g/mol. The average molecular weight is 336 g/mol. The molecule has 5 rings (SSSR count). The highest BCUT2D eigenvalue weighted by molar-refractivity contribution is 5.80. The van der Waals surface area contributed by atoms with Crippen molar-refractivity contribution >= 4 is 21.8 Å². The highest BCUT2D eigenvalue weighted by atomic mass is 15.0. The summed E-state index contributed by atoms with van der Waals surface area (Å²) in [7, 11) is 0. The SMILES string of the molecule is c1ccc2c(c1)ccn2Cc1ccc(Cn2ccc3ccccc32)cc1. The Balaban J connectivity index is 1.37. The van der Waals surface area contributed by atoms with Crippen LogP contribution in [-0.2, 0) is 13.1 Å². The van der Waals surface area contributed by atoms with Crippen LogP contribution in [0.4, 0.5) is 0 Å². The van der Waals surface area contributed by atoms with Gasteiger partial charge in [0.15, 0.2) is 0 Å². The molecule has 0 saturated carbocycles. The van der Waals surface area contributed by atoms with Gasteiger partial charge >= 0.3 is 0 Å². The lowest BCUT2D eigenvalue weighted by Gasteiger charge is -2.09. The van der Waals surface area contributed by atoms with Gasteiger partial charge in [0.25, 0.3) is 0 Å². The third kappa shape index (κ3) is 2.70. The molecule has 5 aromatic rings. The maximum atomic E-state index is 2.31. The van der Waals surface area contributed by atoms with Crippen LogP contribution in [0.25, 0.3) is 21.8 Å². The number of nitrogens with zero attached hydrogens (tertiary/aromatic N) is 2. The molecule has 126 valence electrons. The van der Waals surface area contributed by atoms with Crippen LogP contribution in [0.1, 0.15) is 11.1 Å². The highest BCUT2D eigenvalue weighted by Crippen LogP contribution is 2.19. The number of hydrogen-bond acceptors (Lipinski definition) is 0. The van der Waals surface area contributed by atoms with Gasteiger partial charge in [-0.3, -0.25) is 0 Å². The Morgan fingerprint density at radius 1 is 0.462 bits per heavy atom. The zero-order valence-electron chi connectivity index (χ0n) is 14.5. The van der Waals surface area contributed by atoms with Crippen LogP contribution in [0.5, 0.6) is 0 Å². The molecule has 26 heavy (non-hydrogen) atoms. The minimum Gasteiger partial charge on any atom is -0.343 e. The van der Waals surface area contributed by atoms with Crippen LogP contribution in [0.3, 0.4) is 0 Å². The molecule has 0 aliphatic heterocycles. The standard InChI is InChI=1S/C24H20N2/c1-3-7-23-21(5-1)13-15-25(23)17-19-9-11-20(12-10-19)18-26-16-14-22-6-2-4-8-24(22)26/h1-16H,17-18H2. The van der Waals surface area contributed by atoms with E-state index in [1.807, 2.05) is 0 Å². The maximum absolute atomic E-state index is 2.31. The van der Waals surface area contributed by atoms with Gasteiger partial charge in [0.2, 0.25) is 0 Å². The molecule has 0 aliphatic carbocycles. The van der Waals surface area contributed by atoms with E-state index in [2.05, 4.69) is 106 Å². The molecule has 0 N–H and O–H groups in total. The van der Waals surface area contributed by atoms with Gasteiger partial charge in [-0.25, -0.2) is 0 Å². The fourth-order valence-electron chi connectivity index (χ4n) is 3.70. The first-order valence-electron chi connectivity index (χ1n) is 9.02. The van der Waals surface area contributed by atoms with Crippen molar-refractivity contribution in [1.29, 1.82) is 0 Å². The topological polar surface area (TPSA) is 9.86 Å². The summed E-state index contributed by atoms with van der Waals surface area (Å²) in [5.74, 6) is 0. The van der Waals surface area contributed by atoms with E-state index in [9.17, 15) is 0 Å². The van der Waals surface area contributed by atoms with E-state index in [4.69, 9.17) is 0 Å². The summed E-state index contributed by atoms with van der Waals surface area (Å²) in [6.07, 6.45) is 4.34. The third-order valence-electron chi connectivity index (χ3n) is 5.09. The molecule has 0 radical (unpaired) electrons. The van der Waals surface area contributed by atoms with Gasteiger partial charge in [0, 0.05) is 36.5 Å². The predicted molar refractivity (Wildman–Crippen MR) is 109 cm³/mol. The molecule has 2 nitrogen and oxygen atoms in total. The van der Waals surface area contributed by atoms with E-state index in [-0.39, 0.29) is 0 Å². The Bertz CT molecular complexity index is 1080. The number of aromatic nitrogens is 2. The zero-order chi connectivity index (χ0) is 17.3. The van der Waals surface area contributed by atoms with Crippen LogP contribution in [0.2, 0.25) is 0 Å². The summed E-state index contributed by atoms with van der Waals surface area (Å²) in [5.41, 5.74) is 5.23. The Hall–Kier alpha value is -3.26. The smallest absolute Gasteiger partial charge is 0.0483 e. The monoisotopic (exact) mass is 336 g/mol. The predicted octanol–water partition coefficient (Wildman–Crippen LogP) is 5.69. The molecule has 0 fully saturated rings. The van der Waals surface area contributed by atoms with Crippen LogP contribution in [0.15, 0.2) is 97.3 Å². The molecule has 0 aliphatic rings. The number of benzene rings is 3. The van der Waals surface area contributed by atoms with Gasteiger partial charge in [-0.1, -0.05) is 60.7 Å². The Morgan fingerprint density at radius 3 is 1.35 bits per heavy atom. The quantitative estimate of drug-likeness (QED) is 0.399. The van der Waals surface area contributed by atoms with Crippen LogP contribution < -0.4 is 0 Å². The molecule has 0 spiro atoms. The zero-order valence-corrected chi connectivity index (χ0v) is 14.5. The number of hydrogen-bond donors (Lipinski definition) is 0. The highest BCUT2D eigenvalue weighted by Gasteiger charge is 2.03. The molecule has 0 unspecified atom stereocenters. The summed E-state index contributed by atoms with van der Waals surface area (Å²) in [6, 6.07) is 30.4. The van der Waals surface area contributed by atoms with E-state index >= 15 is 0 Å². The van der Waals surface area contributed by atoms with Gasteiger partial charge < -0.3 is 9.13 Å². The number of rotatable bonds is 4. The van der Waals surface area contributed by atoms with Crippen molar-refractivity contribution in [2.24, 2.45) is 0 Å². The third-order valence-corrected chi connectivity index (χ3v) is 5.09. The second kappa shape index (κ2) is 6.23. The van der Waals surface area contributed by atoms with Gasteiger partial charge in [0.1, 0.15) is 0 Å². The maximum Gasteiger partial charge on any atom is 0.0483 e. The fraction of sp³-hybridized carbons (Fsp3) is 0.0833. The summed E-state index contributed by atoms with van der Waals surface area (Å²) in [4.78, 5) is 0. The Kier molecular flexibility index (Phi) is 3.60. The van der Waals surface area contributed by atoms with Gasteiger partial charge in [-0.15, -0.1) is 0 Å². The van der Waals surface area contributed by atoms with Crippen LogP contribution >= 0.6 is 0 Å². The lowest BCUT2D eigenvalue weighted by atomic mass is 10.1. The Labute approximate surface area is 152 Å². The lowest BCUT2D eigenvalue weighted by Crippen LogP contribution is -2.00. The molecule has 2 heteroatoms. The van der Waals surface area contributed by atoms with E-state index in [0.29, 0.717) is 0 Å². The first kappa shape index (κ1) is 15.0. The van der Waals surface area contributed by atoms with Crippen molar-refractivity contribution in [3.05, 3.63) is 108 Å². The summed E-state index contributed by atoms with van der Waals surface area (Å²) in [5, 5.41) is 2.59. The van der Waals surface area contributed by atoms with Gasteiger partial charge in [-0.05, 0) is 46.2 Å². The summed E-state index contributed by atoms with van der Waals surface area (Å²) < 4.78 is 4.62. The van der Waals surface area contributed by atoms with Crippen molar-refractivity contribution in [1.82, 2.24) is 9.13 Å². The van der Waals surface area contributed by atoms with E-state index in [1.165, 1.54) is 32.9 Å². The molecule has 2 aromatic heterocycles. The molecule has 0 atom stereocenters. The minimum atomic E-state index is 0.903. The van der Waals surface area contributed by atoms with Crippen LogP contribution in [0, 0.1) is 0 Å². The summed E-state index contributed by atoms with van der Waals surface area (Å²) in [6.45, 7) is 1.81. The van der Waals surface area contributed by atoms with Crippen molar-refractivity contribution in [2.45, 2.75) is 13.1 Å². The van der Waals surface area contributed by atoms with Crippen molar-refractivity contribution < 1.29 is 0 Å². The molecule has 0 saturated heterocycles. The fourth-order valence-corrected chi connectivity index (χ4v) is 3.70. The van der Waals surface area contributed by atoms with E-state index in [0.717, 1.165) is 13.1 Å². The van der Waals surface area contributed by atoms with Crippen molar-refractivity contribution in [3.63, 3.8) is 0 Å². The molecule has 2 heterocycles.